The minimum atomic E-state index is -1.29. The molecule has 6 heteroatoms. The van der Waals surface area contributed by atoms with E-state index in [1.54, 1.807) is 0 Å². The molecular formula is C61H119NO5. The van der Waals surface area contributed by atoms with Crippen LogP contribution in [0.5, 0.6) is 0 Å². The number of aliphatic hydroxyl groups is 4. The molecule has 67 heavy (non-hydrogen) atoms. The Morgan fingerprint density at radius 2 is 0.627 bits per heavy atom. The zero-order valence-corrected chi connectivity index (χ0v) is 45.2. The standard InChI is InChI=1S/C61H119NO5/c1-3-5-7-9-11-13-15-17-19-21-23-25-26-27-28-29-30-31-32-33-35-36-38-40-42-44-46-48-50-52-54-58(64)60(66)57(56-63)62-61(67)59(65)55-53-51-49-47-45-43-41-39-37-34-24-22-20-18-16-14-12-10-8-6-4-2/h38,40,46,48,57-60,63-66H,3-37,39,41-45,47,49-56H2,1-2H3,(H,62,67)/b40-38+,48-46+. The second kappa shape index (κ2) is 55.7. The third-order valence-corrected chi connectivity index (χ3v) is 14.4. The van der Waals surface area contributed by atoms with Crippen molar-refractivity contribution in [1.29, 1.82) is 0 Å². The molecule has 0 saturated heterocycles. The fraction of sp³-hybridized carbons (Fsp3) is 0.918. The van der Waals surface area contributed by atoms with Crippen molar-refractivity contribution in [2.45, 2.75) is 353 Å². The van der Waals surface area contributed by atoms with Crippen molar-refractivity contribution in [3.05, 3.63) is 24.3 Å². The van der Waals surface area contributed by atoms with Crippen molar-refractivity contribution in [1.82, 2.24) is 5.32 Å². The predicted octanol–water partition coefficient (Wildman–Crippen LogP) is 17.8. The lowest BCUT2D eigenvalue weighted by atomic mass is 10.00. The molecule has 0 spiro atoms. The van der Waals surface area contributed by atoms with Gasteiger partial charge >= 0.3 is 0 Å². The summed E-state index contributed by atoms with van der Waals surface area (Å²) in [5, 5.41) is 44.0. The van der Waals surface area contributed by atoms with Gasteiger partial charge in [0.2, 0.25) is 5.91 Å². The molecule has 6 nitrogen and oxygen atoms in total. The van der Waals surface area contributed by atoms with Gasteiger partial charge in [-0.2, -0.15) is 0 Å². The first kappa shape index (κ1) is 65.8. The number of carbonyl (C=O) groups is 1. The first-order valence-electron chi connectivity index (χ1n) is 30.2. The molecule has 0 aromatic carbocycles. The number of nitrogens with one attached hydrogen (secondary N) is 1. The molecule has 4 atom stereocenters. The Hall–Kier alpha value is -1.21. The van der Waals surface area contributed by atoms with Gasteiger partial charge in [-0.05, 0) is 51.4 Å². The van der Waals surface area contributed by atoms with E-state index >= 15 is 0 Å². The Morgan fingerprint density at radius 3 is 0.940 bits per heavy atom. The Bertz CT molecular complexity index is 1020. The summed E-state index contributed by atoms with van der Waals surface area (Å²) in [6.07, 6.45) is 68.4. The summed E-state index contributed by atoms with van der Waals surface area (Å²) in [5.41, 5.74) is 0. The average Bonchev–Trinajstić information content (AvgIpc) is 3.33. The second-order valence-electron chi connectivity index (χ2n) is 21.0. The number of amides is 1. The highest BCUT2D eigenvalue weighted by Crippen LogP contribution is 2.18. The molecule has 0 aromatic heterocycles. The lowest BCUT2D eigenvalue weighted by Crippen LogP contribution is -2.53. The Morgan fingerprint density at radius 1 is 0.358 bits per heavy atom. The summed E-state index contributed by atoms with van der Waals surface area (Å²) < 4.78 is 0. The van der Waals surface area contributed by atoms with Crippen LogP contribution in [0.4, 0.5) is 0 Å². The number of allylic oxidation sites excluding steroid dienone is 4. The molecule has 0 aromatic rings. The largest absolute Gasteiger partial charge is 0.394 e. The SMILES string of the molecule is CCCCCCCCCCCCCCCCCCCCCCC/C=C/CC/C=C/CCCC(O)C(O)C(CO)NC(=O)C(O)CCCCCCCCCCCCCCCCCCCCCCC. The third-order valence-electron chi connectivity index (χ3n) is 14.4. The molecule has 0 bridgehead atoms. The second-order valence-corrected chi connectivity index (χ2v) is 21.0. The molecule has 4 unspecified atom stereocenters. The molecule has 0 heterocycles. The minimum Gasteiger partial charge on any atom is -0.394 e. The van der Waals surface area contributed by atoms with Crippen molar-refractivity contribution in [3.63, 3.8) is 0 Å². The maximum absolute atomic E-state index is 12.6. The van der Waals surface area contributed by atoms with Gasteiger partial charge in [-0.1, -0.05) is 301 Å². The van der Waals surface area contributed by atoms with Gasteiger partial charge < -0.3 is 25.7 Å². The van der Waals surface area contributed by atoms with Crippen LogP contribution in [0.3, 0.4) is 0 Å². The monoisotopic (exact) mass is 946 g/mol. The molecule has 0 saturated carbocycles. The first-order chi connectivity index (χ1) is 33.0. The lowest BCUT2D eigenvalue weighted by molar-refractivity contribution is -0.132. The van der Waals surface area contributed by atoms with Gasteiger partial charge in [-0.3, -0.25) is 4.79 Å². The van der Waals surface area contributed by atoms with E-state index in [0.29, 0.717) is 19.3 Å². The van der Waals surface area contributed by atoms with Crippen LogP contribution in [0.1, 0.15) is 328 Å². The number of hydrogen-bond acceptors (Lipinski definition) is 5. The fourth-order valence-electron chi connectivity index (χ4n) is 9.66. The molecule has 0 aliphatic rings. The van der Waals surface area contributed by atoms with Crippen LogP contribution in [0, 0.1) is 0 Å². The highest BCUT2D eigenvalue weighted by atomic mass is 16.3. The van der Waals surface area contributed by atoms with E-state index in [4.69, 9.17) is 0 Å². The Kier molecular flexibility index (Phi) is 54.7. The van der Waals surface area contributed by atoms with Gasteiger partial charge in [0, 0.05) is 0 Å². The molecule has 0 radical (unpaired) electrons. The van der Waals surface area contributed by atoms with E-state index in [0.717, 1.165) is 38.5 Å². The van der Waals surface area contributed by atoms with Gasteiger partial charge in [-0.25, -0.2) is 0 Å². The van der Waals surface area contributed by atoms with E-state index in [1.807, 2.05) is 0 Å². The summed E-state index contributed by atoms with van der Waals surface area (Å²) in [7, 11) is 0. The van der Waals surface area contributed by atoms with Crippen molar-refractivity contribution >= 4 is 5.91 Å². The van der Waals surface area contributed by atoms with Crippen LogP contribution in [-0.4, -0.2) is 57.3 Å². The molecule has 0 rings (SSSR count). The average molecular weight is 947 g/mol. The summed E-state index contributed by atoms with van der Waals surface area (Å²) in [4.78, 5) is 12.6. The molecule has 398 valence electrons. The van der Waals surface area contributed by atoms with E-state index in [2.05, 4.69) is 43.5 Å². The summed E-state index contributed by atoms with van der Waals surface area (Å²) in [6.45, 7) is 4.08. The zero-order valence-electron chi connectivity index (χ0n) is 45.2. The summed E-state index contributed by atoms with van der Waals surface area (Å²) in [5.74, 6) is -0.591. The van der Waals surface area contributed by atoms with Crippen molar-refractivity contribution in [3.8, 4) is 0 Å². The normalized spacial score (nSPS) is 13.8. The first-order valence-corrected chi connectivity index (χ1v) is 30.2. The number of carbonyl (C=O) groups excluding carboxylic acids is 1. The quantitative estimate of drug-likeness (QED) is 0.0308. The van der Waals surface area contributed by atoms with Crippen molar-refractivity contribution in [2.75, 3.05) is 6.61 Å². The van der Waals surface area contributed by atoms with Crippen LogP contribution in [-0.2, 0) is 4.79 Å². The van der Waals surface area contributed by atoms with Crippen LogP contribution in [0.2, 0.25) is 0 Å². The molecule has 0 aliphatic carbocycles. The Labute approximate surface area is 418 Å². The highest BCUT2D eigenvalue weighted by Gasteiger charge is 2.28. The van der Waals surface area contributed by atoms with Gasteiger partial charge in [0.25, 0.3) is 0 Å². The number of hydrogen-bond donors (Lipinski definition) is 5. The molecule has 0 fully saturated rings. The number of unbranched alkanes of at least 4 members (excludes halogenated alkanes) is 43. The van der Waals surface area contributed by atoms with Gasteiger partial charge in [0.1, 0.15) is 12.2 Å². The third kappa shape index (κ3) is 49.6. The van der Waals surface area contributed by atoms with E-state index in [1.165, 1.54) is 257 Å². The predicted molar refractivity (Wildman–Crippen MR) is 293 cm³/mol. The molecule has 5 N–H and O–H groups in total. The lowest BCUT2D eigenvalue weighted by Gasteiger charge is -2.27. The molecule has 0 aliphatic heterocycles. The smallest absolute Gasteiger partial charge is 0.249 e. The van der Waals surface area contributed by atoms with Crippen LogP contribution in [0.15, 0.2) is 24.3 Å². The number of rotatable bonds is 56. The zero-order chi connectivity index (χ0) is 48.8. The minimum absolute atomic E-state index is 0.365. The summed E-state index contributed by atoms with van der Waals surface area (Å²) in [6, 6.07) is -1.01. The van der Waals surface area contributed by atoms with Crippen LogP contribution < -0.4 is 5.32 Å². The van der Waals surface area contributed by atoms with Gasteiger partial charge in [0.15, 0.2) is 0 Å². The van der Waals surface area contributed by atoms with E-state index in [9.17, 15) is 25.2 Å². The summed E-state index contributed by atoms with van der Waals surface area (Å²) >= 11 is 0. The Balaban J connectivity index is 3.63. The van der Waals surface area contributed by atoms with Gasteiger partial charge in [0.05, 0.1) is 18.8 Å². The van der Waals surface area contributed by atoms with Crippen molar-refractivity contribution < 1.29 is 25.2 Å². The fourth-order valence-corrected chi connectivity index (χ4v) is 9.66. The number of aliphatic hydroxyl groups excluding tert-OH is 4. The van der Waals surface area contributed by atoms with Crippen LogP contribution >= 0.6 is 0 Å². The van der Waals surface area contributed by atoms with Crippen LogP contribution in [0.25, 0.3) is 0 Å². The topological polar surface area (TPSA) is 110 Å². The maximum atomic E-state index is 12.6. The van der Waals surface area contributed by atoms with E-state index < -0.39 is 36.9 Å². The van der Waals surface area contributed by atoms with E-state index in [-0.39, 0.29) is 0 Å². The molecule has 1 amide bonds. The maximum Gasteiger partial charge on any atom is 0.249 e. The molecular weight excluding hydrogens is 827 g/mol. The highest BCUT2D eigenvalue weighted by molar-refractivity contribution is 5.80. The van der Waals surface area contributed by atoms with Gasteiger partial charge in [-0.15, -0.1) is 0 Å². The van der Waals surface area contributed by atoms with Crippen molar-refractivity contribution in [2.24, 2.45) is 0 Å².